The summed E-state index contributed by atoms with van der Waals surface area (Å²) in [7, 11) is 3.76. The van der Waals surface area contributed by atoms with Gasteiger partial charge in [-0.05, 0) is 25.2 Å². The van der Waals surface area contributed by atoms with Crippen molar-refractivity contribution in [3.63, 3.8) is 0 Å². The average Bonchev–Trinajstić information content (AvgIpc) is 2.16. The summed E-state index contributed by atoms with van der Waals surface area (Å²) in [6.07, 6.45) is 0. The molecule has 0 fully saturated rings. The van der Waals surface area contributed by atoms with Crippen LogP contribution in [0.25, 0.3) is 0 Å². The quantitative estimate of drug-likeness (QED) is 0.771. The number of hydrogen-bond acceptors (Lipinski definition) is 2. The minimum Gasteiger partial charge on any atom is -0.496 e. The molecule has 0 bridgehead atoms. The summed E-state index contributed by atoms with van der Waals surface area (Å²) in [6, 6.07) is 5.70. The van der Waals surface area contributed by atoms with Crippen LogP contribution in [-0.4, -0.2) is 30.4 Å². The van der Waals surface area contributed by atoms with Crippen molar-refractivity contribution < 1.29 is 4.74 Å². The van der Waals surface area contributed by atoms with Crippen LogP contribution in [0.15, 0.2) is 18.2 Å². The van der Waals surface area contributed by atoms with Gasteiger partial charge in [-0.3, -0.25) is 0 Å². The Morgan fingerprint density at radius 1 is 1.50 bits per heavy atom. The molecule has 2 nitrogen and oxygen atoms in total. The van der Waals surface area contributed by atoms with Crippen molar-refractivity contribution in [3.05, 3.63) is 28.8 Å². The van der Waals surface area contributed by atoms with E-state index in [9.17, 15) is 0 Å². The molecule has 0 radical (unpaired) electrons. The van der Waals surface area contributed by atoms with Crippen molar-refractivity contribution in [1.82, 2.24) is 4.90 Å². The first kappa shape index (κ1) is 13.8. The van der Waals surface area contributed by atoms with E-state index in [1.807, 2.05) is 18.2 Å². The summed E-state index contributed by atoms with van der Waals surface area (Å²) in [6.45, 7) is 3.95. The van der Waals surface area contributed by atoms with Gasteiger partial charge in [-0.2, -0.15) is 0 Å². The number of alkyl halides is 1. The summed E-state index contributed by atoms with van der Waals surface area (Å²) in [5.41, 5.74) is 1.12. The van der Waals surface area contributed by atoms with Crippen LogP contribution in [-0.2, 0) is 6.54 Å². The highest BCUT2D eigenvalue weighted by Gasteiger charge is 2.08. The predicted octanol–water partition coefficient (Wildman–Crippen LogP) is 3.56. The number of benzene rings is 1. The van der Waals surface area contributed by atoms with Gasteiger partial charge < -0.3 is 9.64 Å². The van der Waals surface area contributed by atoms with E-state index in [1.165, 1.54) is 0 Å². The van der Waals surface area contributed by atoms with Crippen LogP contribution >= 0.6 is 27.5 Å². The van der Waals surface area contributed by atoms with Gasteiger partial charge in [0.15, 0.2) is 0 Å². The Morgan fingerprint density at radius 3 is 2.75 bits per heavy atom. The largest absolute Gasteiger partial charge is 0.496 e. The van der Waals surface area contributed by atoms with Gasteiger partial charge in [-0.25, -0.2) is 0 Å². The zero-order chi connectivity index (χ0) is 12.1. The van der Waals surface area contributed by atoms with Crippen molar-refractivity contribution in [2.45, 2.75) is 18.3 Å². The average molecular weight is 307 g/mol. The zero-order valence-electron chi connectivity index (χ0n) is 9.84. The molecule has 4 heteroatoms. The Morgan fingerprint density at radius 2 is 2.19 bits per heavy atom. The van der Waals surface area contributed by atoms with Gasteiger partial charge in [0.1, 0.15) is 5.75 Å². The SMILES string of the molecule is COc1ccc(Cl)cc1CN(C)CC(C)Br. The number of ether oxygens (including phenoxy) is 1. The summed E-state index contributed by atoms with van der Waals surface area (Å²) < 4.78 is 5.31. The highest BCUT2D eigenvalue weighted by molar-refractivity contribution is 9.09. The lowest BCUT2D eigenvalue weighted by Crippen LogP contribution is -2.24. The second-order valence-electron chi connectivity index (χ2n) is 3.93. The van der Waals surface area contributed by atoms with Gasteiger partial charge in [0.25, 0.3) is 0 Å². The molecule has 0 N–H and O–H groups in total. The van der Waals surface area contributed by atoms with E-state index in [2.05, 4.69) is 34.8 Å². The molecule has 0 heterocycles. The molecule has 0 saturated carbocycles. The van der Waals surface area contributed by atoms with Crippen LogP contribution in [0.5, 0.6) is 5.75 Å². The first-order valence-electron chi connectivity index (χ1n) is 5.18. The maximum absolute atomic E-state index is 5.98. The molecular weight excluding hydrogens is 289 g/mol. The molecule has 90 valence electrons. The maximum atomic E-state index is 5.98. The Labute approximate surface area is 111 Å². The van der Waals surface area contributed by atoms with Crippen LogP contribution in [0.1, 0.15) is 12.5 Å². The first-order chi connectivity index (χ1) is 7.52. The molecule has 1 atom stereocenters. The third kappa shape index (κ3) is 4.32. The van der Waals surface area contributed by atoms with Crippen molar-refractivity contribution >= 4 is 27.5 Å². The minimum atomic E-state index is 0.475. The fourth-order valence-electron chi connectivity index (χ4n) is 1.66. The van der Waals surface area contributed by atoms with E-state index in [4.69, 9.17) is 16.3 Å². The van der Waals surface area contributed by atoms with Crippen molar-refractivity contribution in [2.24, 2.45) is 0 Å². The summed E-state index contributed by atoms with van der Waals surface area (Å²) in [4.78, 5) is 2.70. The minimum absolute atomic E-state index is 0.475. The number of nitrogens with zero attached hydrogens (tertiary/aromatic N) is 1. The third-order valence-corrected chi connectivity index (χ3v) is 2.77. The van der Waals surface area contributed by atoms with Gasteiger partial charge in [-0.15, -0.1) is 0 Å². The molecule has 0 amide bonds. The molecule has 1 rings (SSSR count). The molecule has 16 heavy (non-hydrogen) atoms. The van der Waals surface area contributed by atoms with Gasteiger partial charge >= 0.3 is 0 Å². The topological polar surface area (TPSA) is 12.5 Å². The Balaban J connectivity index is 2.74. The smallest absolute Gasteiger partial charge is 0.123 e. The molecule has 1 unspecified atom stereocenters. The van der Waals surface area contributed by atoms with E-state index in [1.54, 1.807) is 7.11 Å². The monoisotopic (exact) mass is 305 g/mol. The lowest BCUT2D eigenvalue weighted by atomic mass is 10.2. The molecule has 0 saturated heterocycles. The normalized spacial score (nSPS) is 12.9. The number of hydrogen-bond donors (Lipinski definition) is 0. The van der Waals surface area contributed by atoms with E-state index >= 15 is 0 Å². The van der Waals surface area contributed by atoms with Crippen LogP contribution in [0.4, 0.5) is 0 Å². The number of methoxy groups -OCH3 is 1. The standard InChI is InChI=1S/C12H17BrClNO/c1-9(13)7-15(2)8-10-6-11(14)4-5-12(10)16-3/h4-6,9H,7-8H2,1-3H3. The maximum Gasteiger partial charge on any atom is 0.123 e. The first-order valence-corrected chi connectivity index (χ1v) is 6.47. The lowest BCUT2D eigenvalue weighted by Gasteiger charge is -2.19. The molecule has 0 aromatic heterocycles. The highest BCUT2D eigenvalue weighted by Crippen LogP contribution is 2.23. The fraction of sp³-hybridized carbons (Fsp3) is 0.500. The second-order valence-corrected chi connectivity index (χ2v) is 5.93. The van der Waals surface area contributed by atoms with Crippen molar-refractivity contribution in [3.8, 4) is 5.75 Å². The molecule has 0 spiro atoms. The van der Waals surface area contributed by atoms with Crippen LogP contribution in [0.3, 0.4) is 0 Å². The molecule has 0 aliphatic heterocycles. The van der Waals surface area contributed by atoms with E-state index < -0.39 is 0 Å². The third-order valence-electron chi connectivity index (χ3n) is 2.25. The van der Waals surface area contributed by atoms with E-state index in [-0.39, 0.29) is 0 Å². The number of rotatable bonds is 5. The predicted molar refractivity (Wildman–Crippen MR) is 72.7 cm³/mol. The summed E-state index contributed by atoms with van der Waals surface area (Å²) in [5.74, 6) is 0.887. The zero-order valence-corrected chi connectivity index (χ0v) is 12.2. The molecule has 0 aliphatic carbocycles. The van der Waals surface area contributed by atoms with Gasteiger partial charge in [0, 0.05) is 28.5 Å². The molecule has 0 aliphatic rings. The van der Waals surface area contributed by atoms with Crippen LogP contribution in [0.2, 0.25) is 5.02 Å². The highest BCUT2D eigenvalue weighted by atomic mass is 79.9. The van der Waals surface area contributed by atoms with Gasteiger partial charge in [0.2, 0.25) is 0 Å². The molecular formula is C12H17BrClNO. The molecule has 1 aromatic carbocycles. The van der Waals surface area contributed by atoms with E-state index in [0.29, 0.717) is 4.83 Å². The fourth-order valence-corrected chi connectivity index (χ4v) is 2.34. The van der Waals surface area contributed by atoms with Crippen molar-refractivity contribution in [2.75, 3.05) is 20.7 Å². The van der Waals surface area contributed by atoms with E-state index in [0.717, 1.165) is 29.4 Å². The molecule has 1 aromatic rings. The Bertz CT molecular complexity index is 344. The lowest BCUT2D eigenvalue weighted by molar-refractivity contribution is 0.322. The Hall–Kier alpha value is -0.250. The second kappa shape index (κ2) is 6.48. The van der Waals surface area contributed by atoms with Crippen LogP contribution < -0.4 is 4.74 Å². The summed E-state index contributed by atoms with van der Waals surface area (Å²) >= 11 is 9.52. The van der Waals surface area contributed by atoms with Gasteiger partial charge in [-0.1, -0.05) is 34.5 Å². The Kier molecular flexibility index (Phi) is 5.59. The van der Waals surface area contributed by atoms with Crippen molar-refractivity contribution in [1.29, 1.82) is 0 Å². The van der Waals surface area contributed by atoms with Crippen LogP contribution in [0, 0.1) is 0 Å². The number of halogens is 2. The van der Waals surface area contributed by atoms with Gasteiger partial charge in [0.05, 0.1) is 7.11 Å². The summed E-state index contributed by atoms with van der Waals surface area (Å²) in [5, 5.41) is 0.746.